The van der Waals surface area contributed by atoms with Crippen molar-refractivity contribution < 1.29 is 13.2 Å². The summed E-state index contributed by atoms with van der Waals surface area (Å²) in [5, 5.41) is 3.80. The van der Waals surface area contributed by atoms with Crippen molar-refractivity contribution in [1.29, 1.82) is 0 Å². The Hall–Kier alpha value is -2.09. The first-order valence-corrected chi connectivity index (χ1v) is 12.2. The largest absolute Gasteiger partial charge is 0.351 e. The van der Waals surface area contributed by atoms with Gasteiger partial charge in [-0.3, -0.25) is 4.79 Å². The molecule has 0 fully saturated rings. The highest BCUT2D eigenvalue weighted by atomic mass is 35.5. The number of hydrogen-bond donors (Lipinski definition) is 1. The van der Waals surface area contributed by atoms with Gasteiger partial charge >= 0.3 is 0 Å². The predicted octanol–water partition coefficient (Wildman–Crippen LogP) is 5.46. The number of rotatable bonds is 8. The highest BCUT2D eigenvalue weighted by molar-refractivity contribution is 7.89. The standard InChI is InChI=1S/C23H21Cl3N2O3S/c1-16-5-7-17(8-6-16)13-27-23(29)15-28(14-20-21(25)3-2-4-22(20)26)32(30,31)19-11-9-18(24)10-12-19/h2-12H,13-15H2,1H3,(H,27,29). The molecule has 0 aliphatic heterocycles. The van der Waals surface area contributed by atoms with Gasteiger partial charge in [-0.05, 0) is 48.9 Å². The van der Waals surface area contributed by atoms with E-state index in [-0.39, 0.29) is 18.0 Å². The van der Waals surface area contributed by atoms with E-state index < -0.39 is 22.5 Å². The zero-order valence-electron chi connectivity index (χ0n) is 17.2. The second-order valence-corrected chi connectivity index (χ2v) is 10.4. The van der Waals surface area contributed by atoms with Crippen LogP contribution >= 0.6 is 34.8 Å². The van der Waals surface area contributed by atoms with Crippen LogP contribution in [0.15, 0.2) is 71.6 Å². The summed E-state index contributed by atoms with van der Waals surface area (Å²) in [6, 6.07) is 18.3. The maximum Gasteiger partial charge on any atom is 0.243 e. The topological polar surface area (TPSA) is 66.5 Å². The van der Waals surface area contributed by atoms with E-state index in [1.165, 1.54) is 24.3 Å². The summed E-state index contributed by atoms with van der Waals surface area (Å²) in [5.74, 6) is -0.453. The van der Waals surface area contributed by atoms with E-state index in [4.69, 9.17) is 34.8 Å². The summed E-state index contributed by atoms with van der Waals surface area (Å²) in [6.45, 7) is 1.68. The molecule has 32 heavy (non-hydrogen) atoms. The molecule has 0 bridgehead atoms. The van der Waals surface area contributed by atoms with Crippen molar-refractivity contribution in [1.82, 2.24) is 9.62 Å². The lowest BCUT2D eigenvalue weighted by Crippen LogP contribution is -2.40. The molecule has 9 heteroatoms. The van der Waals surface area contributed by atoms with Crippen LogP contribution in [0.2, 0.25) is 15.1 Å². The Kier molecular flexibility index (Phi) is 8.20. The van der Waals surface area contributed by atoms with Gasteiger partial charge in [0.1, 0.15) is 0 Å². The number of carbonyl (C=O) groups is 1. The van der Waals surface area contributed by atoms with E-state index in [0.717, 1.165) is 15.4 Å². The van der Waals surface area contributed by atoms with Crippen LogP contribution in [0.1, 0.15) is 16.7 Å². The normalized spacial score (nSPS) is 11.5. The lowest BCUT2D eigenvalue weighted by Gasteiger charge is -2.23. The molecule has 168 valence electrons. The van der Waals surface area contributed by atoms with Crippen LogP contribution in [0.3, 0.4) is 0 Å². The van der Waals surface area contributed by atoms with E-state index in [1.807, 2.05) is 31.2 Å². The monoisotopic (exact) mass is 510 g/mol. The fraction of sp³-hybridized carbons (Fsp3) is 0.174. The molecule has 5 nitrogen and oxygen atoms in total. The van der Waals surface area contributed by atoms with Gasteiger partial charge in [-0.25, -0.2) is 8.42 Å². The number of sulfonamides is 1. The molecule has 0 aromatic heterocycles. The van der Waals surface area contributed by atoms with Gasteiger partial charge in [0.15, 0.2) is 0 Å². The fourth-order valence-electron chi connectivity index (χ4n) is 2.96. The van der Waals surface area contributed by atoms with Crippen molar-refractivity contribution in [3.05, 3.63) is 98.5 Å². The zero-order chi connectivity index (χ0) is 23.3. The van der Waals surface area contributed by atoms with Crippen LogP contribution in [-0.2, 0) is 27.9 Å². The van der Waals surface area contributed by atoms with Crippen LogP contribution in [0, 0.1) is 6.92 Å². The third-order valence-electron chi connectivity index (χ3n) is 4.78. The van der Waals surface area contributed by atoms with E-state index >= 15 is 0 Å². The van der Waals surface area contributed by atoms with Crippen LogP contribution < -0.4 is 5.32 Å². The smallest absolute Gasteiger partial charge is 0.243 e. The quantitative estimate of drug-likeness (QED) is 0.436. The van der Waals surface area contributed by atoms with Crippen LogP contribution in [0.5, 0.6) is 0 Å². The van der Waals surface area contributed by atoms with E-state index in [1.54, 1.807) is 18.2 Å². The van der Waals surface area contributed by atoms with Gasteiger partial charge in [0, 0.05) is 33.7 Å². The molecule has 3 rings (SSSR count). The maximum absolute atomic E-state index is 13.3. The second-order valence-electron chi connectivity index (χ2n) is 7.19. The minimum Gasteiger partial charge on any atom is -0.351 e. The number of aryl methyl sites for hydroxylation is 1. The Balaban J connectivity index is 1.85. The number of nitrogens with zero attached hydrogens (tertiary/aromatic N) is 1. The summed E-state index contributed by atoms with van der Waals surface area (Å²) >= 11 is 18.4. The number of nitrogens with one attached hydrogen (secondary N) is 1. The van der Waals surface area contributed by atoms with Crippen LogP contribution in [0.4, 0.5) is 0 Å². The molecule has 0 saturated carbocycles. The van der Waals surface area contributed by atoms with Crippen molar-refractivity contribution in [2.75, 3.05) is 6.54 Å². The molecule has 0 atom stereocenters. The molecule has 3 aromatic rings. The number of carbonyl (C=O) groups excluding carboxylic acids is 1. The van der Waals surface area contributed by atoms with Gasteiger partial charge in [0.2, 0.25) is 15.9 Å². The molecule has 0 radical (unpaired) electrons. The molecular weight excluding hydrogens is 491 g/mol. The molecule has 0 saturated heterocycles. The van der Waals surface area contributed by atoms with E-state index in [2.05, 4.69) is 5.32 Å². The third kappa shape index (κ3) is 6.24. The highest BCUT2D eigenvalue weighted by Crippen LogP contribution is 2.28. The molecule has 0 heterocycles. The lowest BCUT2D eigenvalue weighted by atomic mass is 10.1. The Bertz CT molecular complexity index is 1180. The van der Waals surface area contributed by atoms with Gasteiger partial charge in [0.05, 0.1) is 11.4 Å². The van der Waals surface area contributed by atoms with E-state index in [0.29, 0.717) is 20.6 Å². The number of benzene rings is 3. The summed E-state index contributed by atoms with van der Waals surface area (Å²) < 4.78 is 27.7. The summed E-state index contributed by atoms with van der Waals surface area (Å²) in [6.07, 6.45) is 0. The average Bonchev–Trinajstić information content (AvgIpc) is 2.75. The van der Waals surface area contributed by atoms with Crippen molar-refractivity contribution in [3.63, 3.8) is 0 Å². The van der Waals surface area contributed by atoms with Crippen molar-refractivity contribution in [3.8, 4) is 0 Å². The number of halogens is 3. The summed E-state index contributed by atoms with van der Waals surface area (Å²) in [4.78, 5) is 12.7. The summed E-state index contributed by atoms with van der Waals surface area (Å²) in [5.41, 5.74) is 2.43. The van der Waals surface area contributed by atoms with Crippen molar-refractivity contribution in [2.24, 2.45) is 0 Å². The Morgan fingerprint density at radius 2 is 1.50 bits per heavy atom. The minimum atomic E-state index is -4.04. The fourth-order valence-corrected chi connectivity index (χ4v) is 4.97. The Labute approximate surface area is 203 Å². The first kappa shape index (κ1) is 24.6. The molecule has 0 unspecified atom stereocenters. The number of amides is 1. The maximum atomic E-state index is 13.3. The Morgan fingerprint density at radius 3 is 2.09 bits per heavy atom. The van der Waals surface area contributed by atoms with Gasteiger partial charge in [-0.1, -0.05) is 70.7 Å². The first-order chi connectivity index (χ1) is 15.2. The van der Waals surface area contributed by atoms with Crippen LogP contribution in [-0.4, -0.2) is 25.2 Å². The third-order valence-corrected chi connectivity index (χ3v) is 7.54. The second kappa shape index (κ2) is 10.7. The van der Waals surface area contributed by atoms with Crippen LogP contribution in [0.25, 0.3) is 0 Å². The molecule has 1 N–H and O–H groups in total. The first-order valence-electron chi connectivity index (χ1n) is 9.67. The zero-order valence-corrected chi connectivity index (χ0v) is 20.3. The molecular formula is C23H21Cl3N2O3S. The number of hydrogen-bond acceptors (Lipinski definition) is 3. The van der Waals surface area contributed by atoms with Crippen molar-refractivity contribution in [2.45, 2.75) is 24.9 Å². The molecule has 0 aliphatic rings. The van der Waals surface area contributed by atoms with Gasteiger partial charge in [0.25, 0.3) is 0 Å². The molecule has 1 amide bonds. The minimum absolute atomic E-state index is 0.0106. The lowest BCUT2D eigenvalue weighted by molar-refractivity contribution is -0.121. The average molecular weight is 512 g/mol. The molecule has 0 aliphatic carbocycles. The molecule has 0 spiro atoms. The Morgan fingerprint density at radius 1 is 0.906 bits per heavy atom. The van der Waals surface area contributed by atoms with Crippen molar-refractivity contribution >= 4 is 50.7 Å². The SMILES string of the molecule is Cc1ccc(CNC(=O)CN(Cc2c(Cl)cccc2Cl)S(=O)(=O)c2ccc(Cl)cc2)cc1. The van der Waals surface area contributed by atoms with E-state index in [9.17, 15) is 13.2 Å². The summed E-state index contributed by atoms with van der Waals surface area (Å²) in [7, 11) is -4.04. The molecule has 3 aromatic carbocycles. The predicted molar refractivity (Wildman–Crippen MR) is 129 cm³/mol. The van der Waals surface area contributed by atoms with Gasteiger partial charge < -0.3 is 5.32 Å². The highest BCUT2D eigenvalue weighted by Gasteiger charge is 2.28. The van der Waals surface area contributed by atoms with Gasteiger partial charge in [-0.15, -0.1) is 0 Å². The van der Waals surface area contributed by atoms with Gasteiger partial charge in [-0.2, -0.15) is 4.31 Å².